The molecule has 1 saturated heterocycles. The van der Waals surface area contributed by atoms with Gasteiger partial charge >= 0.3 is 0 Å². The second kappa shape index (κ2) is 12.4. The van der Waals surface area contributed by atoms with E-state index in [1.54, 1.807) is 49.2 Å². The number of H-pyrrole nitrogens is 1. The Balaban J connectivity index is 1.57. The average Bonchev–Trinajstić information content (AvgIpc) is 3.70. The zero-order chi connectivity index (χ0) is 30.7. The number of fused-ring (bicyclic) bond motifs is 2. The predicted octanol–water partition coefficient (Wildman–Crippen LogP) is 2.14. The Hall–Kier alpha value is -4.56. The van der Waals surface area contributed by atoms with Crippen LogP contribution in [0.5, 0.6) is 0 Å². The summed E-state index contributed by atoms with van der Waals surface area (Å²) in [4.78, 5) is 46.8. The number of likely N-dealkylation sites (tertiary alicyclic amines) is 1. The van der Waals surface area contributed by atoms with Crippen LogP contribution in [0.4, 0.5) is 0 Å². The van der Waals surface area contributed by atoms with Gasteiger partial charge in [0.2, 0.25) is 5.91 Å². The van der Waals surface area contributed by atoms with Gasteiger partial charge in [-0.05, 0) is 85.2 Å². The van der Waals surface area contributed by atoms with Crippen LogP contribution in [0.1, 0.15) is 68.1 Å². The van der Waals surface area contributed by atoms with Gasteiger partial charge in [0, 0.05) is 45.9 Å². The van der Waals surface area contributed by atoms with Crippen molar-refractivity contribution in [3.8, 4) is 6.07 Å². The van der Waals surface area contributed by atoms with Crippen molar-refractivity contribution in [2.75, 3.05) is 47.8 Å². The molecular weight excluding hydrogens is 544 g/mol. The van der Waals surface area contributed by atoms with Crippen LogP contribution < -0.4 is 5.32 Å². The minimum atomic E-state index is -0.796. The van der Waals surface area contributed by atoms with Crippen LogP contribution in [0.2, 0.25) is 0 Å². The molecular formula is C32H38N8O3. The molecule has 5 rings (SSSR count). The predicted molar refractivity (Wildman–Crippen MR) is 160 cm³/mol. The number of carbonyl (C=O) groups excluding carboxylic acids is 3. The van der Waals surface area contributed by atoms with Crippen LogP contribution >= 0.6 is 0 Å². The molecule has 11 nitrogen and oxygen atoms in total. The number of nitrogens with one attached hydrogen (secondary N) is 2. The third-order valence-corrected chi connectivity index (χ3v) is 8.60. The lowest BCUT2D eigenvalue weighted by Gasteiger charge is -2.35. The minimum Gasteiger partial charge on any atom is -0.345 e. The Morgan fingerprint density at radius 1 is 1.02 bits per heavy atom. The summed E-state index contributed by atoms with van der Waals surface area (Å²) in [5.74, 6) is 0.406. The molecule has 2 heterocycles. The number of nitrogens with zero attached hydrogens (tertiary/aromatic N) is 6. The summed E-state index contributed by atoms with van der Waals surface area (Å²) in [6.07, 6.45) is 4.97. The Kier molecular flexibility index (Phi) is 8.59. The van der Waals surface area contributed by atoms with Crippen molar-refractivity contribution >= 4 is 17.7 Å². The Morgan fingerprint density at radius 2 is 1.63 bits per heavy atom. The number of hydrogen-bond donors (Lipinski definition) is 2. The molecule has 1 fully saturated rings. The fraction of sp³-hybridized carbons (Fsp3) is 0.438. The first kappa shape index (κ1) is 29.9. The molecule has 0 radical (unpaired) electrons. The molecule has 11 heteroatoms. The molecule has 0 bridgehead atoms. The van der Waals surface area contributed by atoms with Gasteiger partial charge < -0.3 is 25.0 Å². The van der Waals surface area contributed by atoms with Crippen molar-refractivity contribution in [1.29, 1.82) is 5.26 Å². The van der Waals surface area contributed by atoms with Gasteiger partial charge in [-0.1, -0.05) is 12.1 Å². The van der Waals surface area contributed by atoms with Gasteiger partial charge in [0.1, 0.15) is 18.2 Å². The van der Waals surface area contributed by atoms with Gasteiger partial charge in [-0.3, -0.25) is 14.4 Å². The second-order valence-electron chi connectivity index (χ2n) is 11.7. The molecule has 1 aliphatic heterocycles. The number of hydrogen-bond acceptors (Lipinski definition) is 7. The van der Waals surface area contributed by atoms with Crippen molar-refractivity contribution in [3.05, 3.63) is 81.9 Å². The van der Waals surface area contributed by atoms with E-state index in [0.717, 1.165) is 28.7 Å². The highest BCUT2D eigenvalue weighted by Gasteiger charge is 2.43. The number of carbonyl (C=O) groups is 3. The van der Waals surface area contributed by atoms with E-state index in [9.17, 15) is 19.6 Å². The Bertz CT molecular complexity index is 1490. The van der Waals surface area contributed by atoms with Gasteiger partial charge in [-0.15, -0.1) is 10.2 Å². The molecule has 1 atom stereocenters. The molecule has 1 aliphatic carbocycles. The first-order valence-corrected chi connectivity index (χ1v) is 14.6. The van der Waals surface area contributed by atoms with Gasteiger partial charge in [0.25, 0.3) is 11.8 Å². The number of aromatic nitrogens is 3. The summed E-state index contributed by atoms with van der Waals surface area (Å²) in [6, 6.07) is 13.5. The highest BCUT2D eigenvalue weighted by molar-refractivity contribution is 5.95. The van der Waals surface area contributed by atoms with E-state index in [0.29, 0.717) is 55.7 Å². The molecule has 1 unspecified atom stereocenters. The summed E-state index contributed by atoms with van der Waals surface area (Å²) < 4.78 is 0. The highest BCUT2D eigenvalue weighted by atomic mass is 16.2. The maximum atomic E-state index is 13.0. The van der Waals surface area contributed by atoms with Crippen molar-refractivity contribution in [2.45, 2.75) is 43.6 Å². The standard InChI is InChI=1S/C32H38N8O3/c1-38(2)29(42)23-9-11-26-21(16-23)7-8-22-17-24(30(43)39(3)4)10-12-27(22)32(26,31-35-20-36-37-31)13-14-34-19-28(41)40-15-5-6-25(40)18-33/h9-12,16-17,20,25,34H,5-8,13-15,19H2,1-4H3,(H,35,36,37). The summed E-state index contributed by atoms with van der Waals surface area (Å²) in [7, 11) is 6.94. The largest absolute Gasteiger partial charge is 0.345 e. The van der Waals surface area contributed by atoms with Crippen LogP contribution in [0.25, 0.3) is 0 Å². The normalized spacial score (nSPS) is 16.9. The molecule has 0 saturated carbocycles. The molecule has 2 aromatic carbocycles. The number of amides is 3. The highest BCUT2D eigenvalue weighted by Crippen LogP contribution is 2.46. The van der Waals surface area contributed by atoms with E-state index in [2.05, 4.69) is 26.6 Å². The van der Waals surface area contributed by atoms with Crippen molar-refractivity contribution in [1.82, 2.24) is 35.2 Å². The molecule has 0 spiro atoms. The molecule has 3 aromatic rings. The van der Waals surface area contributed by atoms with E-state index in [4.69, 9.17) is 0 Å². The van der Waals surface area contributed by atoms with Gasteiger partial charge in [0.15, 0.2) is 0 Å². The van der Waals surface area contributed by atoms with Crippen LogP contribution in [-0.4, -0.2) is 101 Å². The minimum absolute atomic E-state index is 0.0774. The third-order valence-electron chi connectivity index (χ3n) is 8.60. The Morgan fingerprint density at radius 3 is 2.14 bits per heavy atom. The van der Waals surface area contributed by atoms with E-state index >= 15 is 0 Å². The molecule has 2 N–H and O–H groups in total. The first-order chi connectivity index (χ1) is 20.7. The van der Waals surface area contributed by atoms with E-state index in [1.165, 1.54) is 0 Å². The van der Waals surface area contributed by atoms with Crippen LogP contribution in [0.15, 0.2) is 42.7 Å². The summed E-state index contributed by atoms with van der Waals surface area (Å²) in [5.41, 5.74) is 4.45. The summed E-state index contributed by atoms with van der Waals surface area (Å²) in [5, 5.41) is 21.4. The zero-order valence-corrected chi connectivity index (χ0v) is 25.2. The maximum absolute atomic E-state index is 13.0. The molecule has 43 heavy (non-hydrogen) atoms. The zero-order valence-electron chi connectivity index (χ0n) is 25.2. The number of aromatic amines is 1. The number of benzene rings is 2. The fourth-order valence-electron chi connectivity index (χ4n) is 6.46. The number of rotatable bonds is 8. The van der Waals surface area contributed by atoms with Gasteiger partial charge in [-0.25, -0.2) is 0 Å². The van der Waals surface area contributed by atoms with Crippen LogP contribution in [0.3, 0.4) is 0 Å². The van der Waals surface area contributed by atoms with E-state index in [1.807, 2.05) is 36.4 Å². The van der Waals surface area contributed by atoms with Crippen LogP contribution in [0, 0.1) is 11.3 Å². The second-order valence-corrected chi connectivity index (χ2v) is 11.7. The van der Waals surface area contributed by atoms with Gasteiger partial charge in [-0.2, -0.15) is 5.26 Å². The van der Waals surface area contributed by atoms with Crippen molar-refractivity contribution in [2.24, 2.45) is 0 Å². The van der Waals surface area contributed by atoms with Crippen molar-refractivity contribution < 1.29 is 14.4 Å². The lowest BCUT2D eigenvalue weighted by molar-refractivity contribution is -0.130. The monoisotopic (exact) mass is 582 g/mol. The smallest absolute Gasteiger partial charge is 0.253 e. The lowest BCUT2D eigenvalue weighted by atomic mass is 9.69. The fourth-order valence-corrected chi connectivity index (χ4v) is 6.46. The quantitative estimate of drug-likeness (QED) is 0.388. The summed E-state index contributed by atoms with van der Waals surface area (Å²) in [6.45, 7) is 1.19. The van der Waals surface area contributed by atoms with Gasteiger partial charge in [0.05, 0.1) is 18.0 Å². The van der Waals surface area contributed by atoms with Crippen LogP contribution in [-0.2, 0) is 23.1 Å². The summed E-state index contributed by atoms with van der Waals surface area (Å²) >= 11 is 0. The Labute approximate surface area is 251 Å². The first-order valence-electron chi connectivity index (χ1n) is 14.6. The van der Waals surface area contributed by atoms with E-state index in [-0.39, 0.29) is 30.3 Å². The molecule has 2 aliphatic rings. The lowest BCUT2D eigenvalue weighted by Crippen LogP contribution is -2.42. The maximum Gasteiger partial charge on any atom is 0.253 e. The molecule has 3 amide bonds. The topological polar surface area (TPSA) is 138 Å². The molecule has 224 valence electrons. The average molecular weight is 583 g/mol. The van der Waals surface area contributed by atoms with E-state index < -0.39 is 5.41 Å². The van der Waals surface area contributed by atoms with Crippen molar-refractivity contribution in [3.63, 3.8) is 0 Å². The molecule has 1 aromatic heterocycles. The number of nitriles is 1. The third kappa shape index (κ3) is 5.62. The SMILES string of the molecule is CN(C)C(=O)c1ccc2c(c1)CCc1cc(C(=O)N(C)C)ccc1C2(CCNCC(=O)N1CCCC1C#N)c1nnc[nH]1. The number of aryl methyl sites for hydroxylation is 2.